The Kier molecular flexibility index (Phi) is 7.06. The number of carbonyl (C=O) groups is 3. The fourth-order valence-corrected chi connectivity index (χ4v) is 3.77. The van der Waals surface area contributed by atoms with Gasteiger partial charge >= 0.3 is 0 Å². The Balaban J connectivity index is 1.71. The molecule has 0 aliphatic heterocycles. The van der Waals surface area contributed by atoms with Gasteiger partial charge in [-0.15, -0.1) is 0 Å². The zero-order valence-corrected chi connectivity index (χ0v) is 19.2. The second-order valence-corrected chi connectivity index (χ2v) is 8.17. The molecule has 4 aromatic carbocycles. The van der Waals surface area contributed by atoms with Crippen molar-refractivity contribution in [1.82, 2.24) is 0 Å². The second kappa shape index (κ2) is 10.3. The van der Waals surface area contributed by atoms with E-state index in [9.17, 15) is 14.4 Å². The van der Waals surface area contributed by atoms with Gasteiger partial charge in [0, 0.05) is 22.4 Å². The molecule has 170 valence electrons. The number of amides is 2. The maximum Gasteiger partial charge on any atom is 0.283 e. The van der Waals surface area contributed by atoms with Crippen molar-refractivity contribution in [3.8, 4) is 0 Å². The number of anilines is 2. The standard InChI is InChI=1S/C27H23N3O3S/c28-23(16-34)27(33)29-19-13-14-24(22(15-19)25(31)18-8-2-1-3-9-18)30-26(32)21-12-6-10-17-7-4-5-11-20(17)21/h1-15,23,34H,16,28H2,(H,29,33)(H,30,32)/p+1/t23-/m0/s1. The molecule has 6 nitrogen and oxygen atoms in total. The number of nitrogens with one attached hydrogen (secondary N) is 2. The average Bonchev–Trinajstić information content (AvgIpc) is 2.88. The molecular weight excluding hydrogens is 446 g/mol. The normalized spacial score (nSPS) is 11.6. The van der Waals surface area contributed by atoms with Crippen molar-refractivity contribution in [1.29, 1.82) is 0 Å². The molecular formula is C27H24N3O3S+. The molecule has 0 bridgehead atoms. The summed E-state index contributed by atoms with van der Waals surface area (Å²) in [6.07, 6.45) is 0. The molecule has 0 unspecified atom stereocenters. The Bertz CT molecular complexity index is 1370. The van der Waals surface area contributed by atoms with E-state index in [0.29, 0.717) is 28.3 Å². The topological polar surface area (TPSA) is 103 Å². The predicted molar refractivity (Wildman–Crippen MR) is 137 cm³/mol. The molecule has 34 heavy (non-hydrogen) atoms. The van der Waals surface area contributed by atoms with Gasteiger partial charge < -0.3 is 16.4 Å². The van der Waals surface area contributed by atoms with Gasteiger partial charge in [-0.2, -0.15) is 12.6 Å². The van der Waals surface area contributed by atoms with Crippen LogP contribution in [0.25, 0.3) is 10.8 Å². The van der Waals surface area contributed by atoms with E-state index in [2.05, 4.69) is 29.0 Å². The van der Waals surface area contributed by atoms with E-state index in [4.69, 9.17) is 0 Å². The summed E-state index contributed by atoms with van der Waals surface area (Å²) in [6, 6.07) is 26.2. The van der Waals surface area contributed by atoms with Gasteiger partial charge in [-0.05, 0) is 35.0 Å². The van der Waals surface area contributed by atoms with Crippen LogP contribution in [-0.2, 0) is 4.79 Å². The molecule has 0 saturated carbocycles. The van der Waals surface area contributed by atoms with Crippen molar-refractivity contribution < 1.29 is 20.1 Å². The summed E-state index contributed by atoms with van der Waals surface area (Å²) in [6.45, 7) is 0. The number of hydrogen-bond donors (Lipinski definition) is 4. The number of benzene rings is 4. The summed E-state index contributed by atoms with van der Waals surface area (Å²) in [4.78, 5) is 38.8. The van der Waals surface area contributed by atoms with Crippen LogP contribution in [0.4, 0.5) is 11.4 Å². The number of quaternary nitrogens is 1. The first kappa shape index (κ1) is 23.2. The largest absolute Gasteiger partial charge is 0.347 e. The highest BCUT2D eigenvalue weighted by Crippen LogP contribution is 2.26. The van der Waals surface area contributed by atoms with Gasteiger partial charge in [0.05, 0.1) is 11.4 Å². The molecule has 0 spiro atoms. The lowest BCUT2D eigenvalue weighted by Gasteiger charge is -2.15. The number of ketones is 1. The number of thiol groups is 1. The first-order valence-corrected chi connectivity index (χ1v) is 11.4. The summed E-state index contributed by atoms with van der Waals surface area (Å²) < 4.78 is 0. The molecule has 7 heteroatoms. The summed E-state index contributed by atoms with van der Waals surface area (Å²) in [5, 5.41) is 7.41. The molecule has 1 atom stereocenters. The van der Waals surface area contributed by atoms with Gasteiger partial charge in [0.1, 0.15) is 0 Å². The van der Waals surface area contributed by atoms with E-state index >= 15 is 0 Å². The van der Waals surface area contributed by atoms with Crippen LogP contribution in [-0.4, -0.2) is 29.4 Å². The van der Waals surface area contributed by atoms with Crippen molar-refractivity contribution in [3.05, 3.63) is 108 Å². The second-order valence-electron chi connectivity index (χ2n) is 7.81. The molecule has 4 aromatic rings. The van der Waals surface area contributed by atoms with E-state index in [1.54, 1.807) is 48.5 Å². The van der Waals surface area contributed by atoms with Gasteiger partial charge in [0.25, 0.3) is 11.8 Å². The molecule has 4 rings (SSSR count). The van der Waals surface area contributed by atoms with E-state index in [0.717, 1.165) is 10.8 Å². The van der Waals surface area contributed by atoms with Gasteiger partial charge in [-0.25, -0.2) is 0 Å². The summed E-state index contributed by atoms with van der Waals surface area (Å²) >= 11 is 4.11. The van der Waals surface area contributed by atoms with Crippen LogP contribution in [0, 0.1) is 0 Å². The molecule has 0 fully saturated rings. The Hall–Kier alpha value is -3.94. The van der Waals surface area contributed by atoms with Crippen molar-refractivity contribution in [2.45, 2.75) is 6.04 Å². The van der Waals surface area contributed by atoms with Crippen LogP contribution in [0.1, 0.15) is 26.3 Å². The van der Waals surface area contributed by atoms with Crippen LogP contribution in [0.5, 0.6) is 0 Å². The molecule has 0 radical (unpaired) electrons. The molecule has 0 aliphatic carbocycles. The van der Waals surface area contributed by atoms with E-state index in [1.165, 1.54) is 0 Å². The van der Waals surface area contributed by atoms with Crippen LogP contribution in [0.2, 0.25) is 0 Å². The molecule has 2 amide bonds. The Labute approximate surface area is 202 Å². The Morgan fingerprint density at radius 1 is 0.794 bits per heavy atom. The summed E-state index contributed by atoms with van der Waals surface area (Å²) in [5.74, 6) is -0.615. The van der Waals surface area contributed by atoms with Crippen molar-refractivity contribution in [2.75, 3.05) is 16.4 Å². The fourth-order valence-electron chi connectivity index (χ4n) is 3.60. The van der Waals surface area contributed by atoms with Crippen LogP contribution >= 0.6 is 12.6 Å². The highest BCUT2D eigenvalue weighted by atomic mass is 32.1. The highest BCUT2D eigenvalue weighted by molar-refractivity contribution is 7.80. The van der Waals surface area contributed by atoms with Crippen molar-refractivity contribution >= 4 is 52.4 Å². The summed E-state index contributed by atoms with van der Waals surface area (Å²) in [5.41, 5.74) is 5.79. The molecule has 0 saturated heterocycles. The predicted octanol–water partition coefficient (Wildman–Crippen LogP) is 3.80. The number of rotatable bonds is 7. The van der Waals surface area contributed by atoms with Gasteiger partial charge in [0.15, 0.2) is 11.8 Å². The van der Waals surface area contributed by atoms with E-state index in [1.807, 2.05) is 42.5 Å². The lowest BCUT2D eigenvalue weighted by atomic mass is 10.00. The van der Waals surface area contributed by atoms with Crippen molar-refractivity contribution in [2.24, 2.45) is 0 Å². The SMILES string of the molecule is [NH3+][C@@H](CS)C(=O)Nc1ccc(NC(=O)c2cccc3ccccc23)c(C(=O)c2ccccc2)c1. The molecule has 0 aliphatic rings. The lowest BCUT2D eigenvalue weighted by molar-refractivity contribution is -0.395. The molecule has 0 aromatic heterocycles. The first-order chi connectivity index (χ1) is 16.5. The summed E-state index contributed by atoms with van der Waals surface area (Å²) in [7, 11) is 0. The number of hydrogen-bond acceptors (Lipinski definition) is 4. The number of carbonyl (C=O) groups excluding carboxylic acids is 3. The van der Waals surface area contributed by atoms with E-state index < -0.39 is 6.04 Å². The third kappa shape index (κ3) is 5.01. The minimum Gasteiger partial charge on any atom is -0.347 e. The van der Waals surface area contributed by atoms with Crippen LogP contribution < -0.4 is 16.4 Å². The highest BCUT2D eigenvalue weighted by Gasteiger charge is 2.20. The third-order valence-electron chi connectivity index (χ3n) is 5.44. The quantitative estimate of drug-likeness (QED) is 0.244. The smallest absolute Gasteiger partial charge is 0.283 e. The zero-order valence-electron chi connectivity index (χ0n) is 18.3. The first-order valence-electron chi connectivity index (χ1n) is 10.8. The average molecular weight is 471 g/mol. The van der Waals surface area contributed by atoms with Crippen molar-refractivity contribution in [3.63, 3.8) is 0 Å². The Morgan fingerprint density at radius 3 is 2.26 bits per heavy atom. The minimum absolute atomic E-state index is 0.268. The maximum atomic E-state index is 13.3. The zero-order chi connectivity index (χ0) is 24.1. The Morgan fingerprint density at radius 2 is 1.50 bits per heavy atom. The van der Waals surface area contributed by atoms with Gasteiger partial charge in [-0.3, -0.25) is 14.4 Å². The molecule has 5 N–H and O–H groups in total. The van der Waals surface area contributed by atoms with Crippen LogP contribution in [0.15, 0.2) is 91.0 Å². The minimum atomic E-state index is -0.539. The van der Waals surface area contributed by atoms with E-state index in [-0.39, 0.29) is 23.2 Å². The third-order valence-corrected chi connectivity index (χ3v) is 5.88. The molecule has 0 heterocycles. The number of fused-ring (bicyclic) bond motifs is 1. The fraction of sp³-hybridized carbons (Fsp3) is 0.0741. The van der Waals surface area contributed by atoms with Gasteiger partial charge in [0.2, 0.25) is 0 Å². The maximum absolute atomic E-state index is 13.3. The monoisotopic (exact) mass is 470 g/mol. The van der Waals surface area contributed by atoms with Gasteiger partial charge in [-0.1, -0.05) is 66.7 Å². The van der Waals surface area contributed by atoms with Crippen LogP contribution in [0.3, 0.4) is 0 Å². The lowest BCUT2D eigenvalue weighted by Crippen LogP contribution is -2.67.